The van der Waals surface area contributed by atoms with Crippen LogP contribution in [0, 0.1) is 12.8 Å². The molecule has 0 spiro atoms. The highest BCUT2D eigenvalue weighted by atomic mass is 32.2. The molecule has 1 saturated carbocycles. The van der Waals surface area contributed by atoms with Gasteiger partial charge in [0.05, 0.1) is 6.61 Å². The molecule has 2 atom stereocenters. The van der Waals surface area contributed by atoms with E-state index < -0.39 is 10.9 Å². The number of aryl methyl sites for hydroxylation is 2. The number of carbonyl (C=O) groups excluding carboxylic acids is 2. The number of aliphatic hydroxyl groups is 1. The summed E-state index contributed by atoms with van der Waals surface area (Å²) in [6.07, 6.45) is 6.18. The smallest absolute Gasteiger partial charge is 0.327 e. The second-order valence-corrected chi connectivity index (χ2v) is 12.8. The molecule has 0 bridgehead atoms. The SMILES string of the molecule is Cc1cc(SC2C(=O)C[C@@](CCc3ccsc3)(C3CCCC3)OC2=O)c(C(C)(C)C)cc1CO. The molecule has 2 heterocycles. The van der Waals surface area contributed by atoms with E-state index in [9.17, 15) is 14.7 Å². The largest absolute Gasteiger partial charge is 0.457 e. The van der Waals surface area contributed by atoms with Crippen molar-refractivity contribution >= 4 is 34.9 Å². The van der Waals surface area contributed by atoms with Crippen LogP contribution in [-0.4, -0.2) is 27.7 Å². The average molecular weight is 501 g/mol. The van der Waals surface area contributed by atoms with Crippen LogP contribution in [0.2, 0.25) is 0 Å². The molecule has 0 radical (unpaired) electrons. The van der Waals surface area contributed by atoms with Crippen LogP contribution >= 0.6 is 23.1 Å². The van der Waals surface area contributed by atoms with Gasteiger partial charge >= 0.3 is 5.97 Å². The van der Waals surface area contributed by atoms with Gasteiger partial charge in [0.25, 0.3) is 0 Å². The second-order valence-electron chi connectivity index (χ2n) is 10.9. The van der Waals surface area contributed by atoms with Gasteiger partial charge in [0.2, 0.25) is 0 Å². The Balaban J connectivity index is 1.59. The first-order valence-electron chi connectivity index (χ1n) is 12.3. The fourth-order valence-electron chi connectivity index (χ4n) is 5.44. The molecular weight excluding hydrogens is 464 g/mol. The summed E-state index contributed by atoms with van der Waals surface area (Å²) in [5.74, 6) is -0.134. The van der Waals surface area contributed by atoms with Crippen LogP contribution in [0.5, 0.6) is 0 Å². The number of thioether (sulfide) groups is 1. The number of carbonyl (C=O) groups is 2. The predicted octanol–water partition coefficient (Wildman–Crippen LogP) is 6.38. The summed E-state index contributed by atoms with van der Waals surface area (Å²) in [6.45, 7) is 8.26. The number of aliphatic hydroxyl groups excluding tert-OH is 1. The molecular formula is C28H36O4S2. The summed E-state index contributed by atoms with van der Waals surface area (Å²) < 4.78 is 6.29. The third kappa shape index (κ3) is 5.29. The minimum Gasteiger partial charge on any atom is -0.457 e. The predicted molar refractivity (Wildman–Crippen MR) is 138 cm³/mol. The van der Waals surface area contributed by atoms with Gasteiger partial charge in [-0.3, -0.25) is 9.59 Å². The lowest BCUT2D eigenvalue weighted by Crippen LogP contribution is -2.53. The molecule has 1 unspecified atom stereocenters. The fourth-order valence-corrected chi connectivity index (χ4v) is 7.50. The monoisotopic (exact) mass is 500 g/mol. The number of hydrogen-bond acceptors (Lipinski definition) is 6. The molecule has 1 aliphatic heterocycles. The molecule has 0 amide bonds. The summed E-state index contributed by atoms with van der Waals surface area (Å²) in [7, 11) is 0. The quantitative estimate of drug-likeness (QED) is 0.353. The molecule has 6 heteroatoms. The van der Waals surface area contributed by atoms with Gasteiger partial charge in [-0.15, -0.1) is 11.8 Å². The van der Waals surface area contributed by atoms with Crippen molar-refractivity contribution in [3.63, 3.8) is 0 Å². The number of esters is 1. The maximum Gasteiger partial charge on any atom is 0.327 e. The second kappa shape index (κ2) is 10.2. The van der Waals surface area contributed by atoms with Crippen LogP contribution in [0.1, 0.15) is 81.5 Å². The highest BCUT2D eigenvalue weighted by Crippen LogP contribution is 2.47. The molecule has 4 rings (SSSR count). The first kappa shape index (κ1) is 25.5. The number of ether oxygens (including phenoxy) is 1. The van der Waals surface area contributed by atoms with Crippen LogP contribution in [0.15, 0.2) is 33.9 Å². The Hall–Kier alpha value is -1.63. The minimum atomic E-state index is -0.837. The number of benzene rings is 1. The van der Waals surface area contributed by atoms with E-state index in [0.29, 0.717) is 12.8 Å². The number of Topliss-reactive ketones (excluding diaryl/α,β-unsaturated/α-hetero) is 1. The van der Waals surface area contributed by atoms with Gasteiger partial charge in [-0.2, -0.15) is 11.3 Å². The average Bonchev–Trinajstić information content (AvgIpc) is 3.49. The van der Waals surface area contributed by atoms with Crippen LogP contribution in [0.25, 0.3) is 0 Å². The lowest BCUT2D eigenvalue weighted by Gasteiger charge is -2.43. The van der Waals surface area contributed by atoms with Crippen molar-refractivity contribution in [2.45, 2.75) is 100 Å². The van der Waals surface area contributed by atoms with E-state index in [-0.39, 0.29) is 29.7 Å². The Morgan fingerprint density at radius 3 is 2.53 bits per heavy atom. The van der Waals surface area contributed by atoms with Crippen molar-refractivity contribution in [2.75, 3.05) is 0 Å². The molecule has 1 N–H and O–H groups in total. The van der Waals surface area contributed by atoms with Gasteiger partial charge in [-0.05, 0) is 89.1 Å². The van der Waals surface area contributed by atoms with Crippen molar-refractivity contribution in [1.82, 2.24) is 0 Å². The van der Waals surface area contributed by atoms with Gasteiger partial charge < -0.3 is 9.84 Å². The first-order valence-corrected chi connectivity index (χ1v) is 14.1. The zero-order valence-corrected chi connectivity index (χ0v) is 22.3. The normalized spacial score (nSPS) is 24.0. The Morgan fingerprint density at radius 1 is 1.21 bits per heavy atom. The number of hydrogen-bond donors (Lipinski definition) is 1. The summed E-state index contributed by atoms with van der Waals surface area (Å²) in [4.78, 5) is 27.9. The van der Waals surface area contributed by atoms with E-state index in [4.69, 9.17) is 4.74 Å². The molecule has 184 valence electrons. The topological polar surface area (TPSA) is 63.6 Å². The standard InChI is InChI=1S/C28H36O4S2/c1-18-13-24(22(27(2,3)4)14-20(18)16-29)34-25-23(30)15-28(32-26(25)31,21-7-5-6-8-21)11-9-19-10-12-33-17-19/h10,12-14,17,21,25,29H,5-9,11,15-16H2,1-4H3/t25?,28-/m0/s1. The van der Waals surface area contributed by atoms with Crippen LogP contribution < -0.4 is 0 Å². The maximum absolute atomic E-state index is 13.6. The Bertz CT molecular complexity index is 1010. The van der Waals surface area contributed by atoms with Gasteiger partial charge in [0.1, 0.15) is 5.60 Å². The number of ketones is 1. The van der Waals surface area contributed by atoms with Crippen LogP contribution in [0.3, 0.4) is 0 Å². The third-order valence-electron chi connectivity index (χ3n) is 7.46. The lowest BCUT2D eigenvalue weighted by atomic mass is 9.76. The van der Waals surface area contributed by atoms with Gasteiger partial charge in [-0.25, -0.2) is 0 Å². The van der Waals surface area contributed by atoms with E-state index >= 15 is 0 Å². The highest BCUT2D eigenvalue weighted by Gasteiger charge is 2.52. The fraction of sp³-hybridized carbons (Fsp3) is 0.571. The zero-order valence-electron chi connectivity index (χ0n) is 20.7. The van der Waals surface area contributed by atoms with Crippen molar-refractivity contribution in [1.29, 1.82) is 0 Å². The number of cyclic esters (lactones) is 1. The molecule has 1 saturated heterocycles. The van der Waals surface area contributed by atoms with Crippen molar-refractivity contribution in [3.05, 3.63) is 51.2 Å². The summed E-state index contributed by atoms with van der Waals surface area (Å²) in [5.41, 5.74) is 3.27. The molecule has 1 aromatic carbocycles. The Labute approximate surface area is 211 Å². The number of rotatable bonds is 7. The van der Waals surface area contributed by atoms with Crippen molar-refractivity contribution < 1.29 is 19.4 Å². The molecule has 2 aliphatic rings. The molecule has 2 fully saturated rings. The third-order valence-corrected chi connectivity index (χ3v) is 9.48. The van der Waals surface area contributed by atoms with E-state index in [2.05, 4.69) is 37.6 Å². The molecule has 34 heavy (non-hydrogen) atoms. The maximum atomic E-state index is 13.6. The molecule has 2 aromatic rings. The minimum absolute atomic E-state index is 0.0118. The first-order chi connectivity index (χ1) is 16.1. The van der Waals surface area contributed by atoms with Crippen LogP contribution in [-0.2, 0) is 32.8 Å². The number of thiophene rings is 1. The van der Waals surface area contributed by atoms with E-state index in [1.165, 1.54) is 17.3 Å². The Morgan fingerprint density at radius 2 is 1.94 bits per heavy atom. The van der Waals surface area contributed by atoms with Gasteiger partial charge in [0.15, 0.2) is 11.0 Å². The van der Waals surface area contributed by atoms with Gasteiger partial charge in [-0.1, -0.05) is 39.7 Å². The molecule has 1 aliphatic carbocycles. The molecule has 4 nitrogen and oxygen atoms in total. The molecule has 1 aromatic heterocycles. The van der Waals surface area contributed by atoms with E-state index in [1.807, 2.05) is 19.1 Å². The summed E-state index contributed by atoms with van der Waals surface area (Å²) >= 11 is 3.00. The van der Waals surface area contributed by atoms with Crippen LogP contribution in [0.4, 0.5) is 0 Å². The van der Waals surface area contributed by atoms with E-state index in [0.717, 1.165) is 53.7 Å². The Kier molecular flexibility index (Phi) is 7.61. The highest BCUT2D eigenvalue weighted by molar-refractivity contribution is 8.01. The van der Waals surface area contributed by atoms with E-state index in [1.54, 1.807) is 11.3 Å². The lowest BCUT2D eigenvalue weighted by molar-refractivity contribution is -0.177. The van der Waals surface area contributed by atoms with Crippen molar-refractivity contribution in [3.8, 4) is 0 Å². The van der Waals surface area contributed by atoms with Gasteiger partial charge in [0, 0.05) is 11.3 Å². The summed E-state index contributed by atoms with van der Waals surface area (Å²) in [5, 5.41) is 13.1. The van der Waals surface area contributed by atoms with Crippen molar-refractivity contribution in [2.24, 2.45) is 5.92 Å². The zero-order chi connectivity index (χ0) is 24.5. The summed E-state index contributed by atoms with van der Waals surface area (Å²) in [6, 6.07) is 6.14.